The summed E-state index contributed by atoms with van der Waals surface area (Å²) >= 11 is 0. The molecule has 3 heterocycles. The first-order valence-electron chi connectivity index (χ1n) is 10.7. The van der Waals surface area contributed by atoms with Gasteiger partial charge < -0.3 is 19.1 Å². The molecule has 0 radical (unpaired) electrons. The van der Waals surface area contributed by atoms with Gasteiger partial charge in [0.05, 0.1) is 19.1 Å². The lowest BCUT2D eigenvalue weighted by Gasteiger charge is -2.33. The molecule has 0 aromatic heterocycles. The summed E-state index contributed by atoms with van der Waals surface area (Å²) in [5.41, 5.74) is 1.18. The summed E-state index contributed by atoms with van der Waals surface area (Å²) in [7, 11) is 0. The molecule has 4 rings (SSSR count). The van der Waals surface area contributed by atoms with Gasteiger partial charge in [-0.15, -0.1) is 0 Å². The van der Waals surface area contributed by atoms with Gasteiger partial charge in [0, 0.05) is 19.1 Å². The Morgan fingerprint density at radius 1 is 1.07 bits per heavy atom. The maximum atomic E-state index is 12.9. The van der Waals surface area contributed by atoms with Crippen LogP contribution in [0.15, 0.2) is 18.2 Å². The van der Waals surface area contributed by atoms with Gasteiger partial charge in [0.2, 0.25) is 5.91 Å². The van der Waals surface area contributed by atoms with Crippen molar-refractivity contribution in [1.82, 2.24) is 9.80 Å². The number of carbonyl (C=O) groups excluding carboxylic acids is 2. The Kier molecular flexibility index (Phi) is 6.23. The number of esters is 1. The average Bonchev–Trinajstić information content (AvgIpc) is 3.21. The molecule has 29 heavy (non-hydrogen) atoms. The maximum Gasteiger partial charge on any atom is 0.309 e. The highest BCUT2D eigenvalue weighted by Crippen LogP contribution is 2.38. The zero-order valence-electron chi connectivity index (χ0n) is 17.1. The Morgan fingerprint density at radius 3 is 2.59 bits per heavy atom. The van der Waals surface area contributed by atoms with E-state index in [2.05, 4.69) is 17.0 Å². The van der Waals surface area contributed by atoms with Gasteiger partial charge in [-0.2, -0.15) is 0 Å². The van der Waals surface area contributed by atoms with Gasteiger partial charge in [0.1, 0.15) is 13.2 Å². The zero-order chi connectivity index (χ0) is 20.2. The third kappa shape index (κ3) is 4.50. The summed E-state index contributed by atoms with van der Waals surface area (Å²) < 4.78 is 16.5. The van der Waals surface area contributed by atoms with Gasteiger partial charge in [-0.25, -0.2) is 0 Å². The monoisotopic (exact) mass is 402 g/mol. The SMILES string of the molecule is CCOC(=O)C1CCN(C(=O)CN2CCC[C@@H]2c2ccc3c(c2)OCCO3)CC1. The zero-order valence-corrected chi connectivity index (χ0v) is 17.1. The van der Waals surface area contributed by atoms with Gasteiger partial charge in [-0.3, -0.25) is 14.5 Å². The van der Waals surface area contributed by atoms with Crippen LogP contribution in [0.3, 0.4) is 0 Å². The fourth-order valence-corrected chi connectivity index (χ4v) is 4.56. The summed E-state index contributed by atoms with van der Waals surface area (Å²) in [5, 5.41) is 0. The quantitative estimate of drug-likeness (QED) is 0.705. The standard InChI is InChI=1S/C22H30N2O5/c1-2-27-22(26)16-7-10-23(11-8-16)21(25)15-24-9-3-4-18(24)17-5-6-19-20(14-17)29-13-12-28-19/h5-6,14,16,18H,2-4,7-13,15H2,1H3/t18-/m1/s1. The van der Waals surface area contributed by atoms with Gasteiger partial charge in [0.25, 0.3) is 0 Å². The predicted octanol–water partition coefficient (Wildman–Crippen LogP) is 2.40. The average molecular weight is 402 g/mol. The van der Waals surface area contributed by atoms with E-state index in [0.29, 0.717) is 52.3 Å². The molecule has 2 fully saturated rings. The van der Waals surface area contributed by atoms with Crippen molar-refractivity contribution in [2.75, 3.05) is 46.0 Å². The van der Waals surface area contributed by atoms with Crippen molar-refractivity contribution >= 4 is 11.9 Å². The molecule has 1 aromatic rings. The van der Waals surface area contributed by atoms with Crippen molar-refractivity contribution in [2.24, 2.45) is 5.92 Å². The number of piperidine rings is 1. The van der Waals surface area contributed by atoms with E-state index in [0.717, 1.165) is 30.9 Å². The van der Waals surface area contributed by atoms with E-state index in [-0.39, 0.29) is 23.8 Å². The summed E-state index contributed by atoms with van der Waals surface area (Å²) in [4.78, 5) is 29.0. The second kappa shape index (κ2) is 9.03. The molecule has 0 unspecified atom stereocenters. The van der Waals surface area contributed by atoms with E-state index in [4.69, 9.17) is 14.2 Å². The van der Waals surface area contributed by atoms with E-state index >= 15 is 0 Å². The molecule has 3 aliphatic heterocycles. The fourth-order valence-electron chi connectivity index (χ4n) is 4.56. The lowest BCUT2D eigenvalue weighted by Crippen LogP contribution is -2.45. The Labute approximate surface area is 171 Å². The number of amides is 1. The number of likely N-dealkylation sites (tertiary alicyclic amines) is 2. The van der Waals surface area contributed by atoms with E-state index in [1.54, 1.807) is 0 Å². The number of carbonyl (C=O) groups is 2. The van der Waals surface area contributed by atoms with Crippen LogP contribution >= 0.6 is 0 Å². The van der Waals surface area contributed by atoms with Gasteiger partial charge >= 0.3 is 5.97 Å². The summed E-state index contributed by atoms with van der Waals surface area (Å²) in [5.74, 6) is 1.55. The van der Waals surface area contributed by atoms with E-state index in [9.17, 15) is 9.59 Å². The molecule has 158 valence electrons. The molecule has 1 aromatic carbocycles. The van der Waals surface area contributed by atoms with Crippen LogP contribution in [-0.4, -0.2) is 67.7 Å². The Balaban J connectivity index is 1.34. The first kappa shape index (κ1) is 20.0. The van der Waals surface area contributed by atoms with Crippen LogP contribution in [0.2, 0.25) is 0 Å². The predicted molar refractivity (Wildman–Crippen MR) is 107 cm³/mol. The first-order chi connectivity index (χ1) is 14.2. The van der Waals surface area contributed by atoms with Crippen molar-refractivity contribution in [1.29, 1.82) is 0 Å². The minimum Gasteiger partial charge on any atom is -0.486 e. The fraction of sp³-hybridized carbons (Fsp3) is 0.636. The summed E-state index contributed by atoms with van der Waals surface area (Å²) in [6, 6.07) is 6.35. The van der Waals surface area contributed by atoms with Crippen LogP contribution < -0.4 is 9.47 Å². The van der Waals surface area contributed by atoms with Crippen molar-refractivity contribution < 1.29 is 23.8 Å². The highest BCUT2D eigenvalue weighted by Gasteiger charge is 2.32. The smallest absolute Gasteiger partial charge is 0.309 e. The Morgan fingerprint density at radius 2 is 1.83 bits per heavy atom. The molecule has 1 atom stereocenters. The molecular formula is C22H30N2O5. The number of benzene rings is 1. The van der Waals surface area contributed by atoms with Crippen molar-refractivity contribution in [3.05, 3.63) is 23.8 Å². The van der Waals surface area contributed by atoms with E-state index in [1.807, 2.05) is 17.9 Å². The summed E-state index contributed by atoms with van der Waals surface area (Å²) in [6.45, 7) is 6.00. The molecule has 2 saturated heterocycles. The lowest BCUT2D eigenvalue weighted by atomic mass is 9.97. The lowest BCUT2D eigenvalue weighted by molar-refractivity contribution is -0.151. The molecule has 3 aliphatic rings. The van der Waals surface area contributed by atoms with Gasteiger partial charge in [-0.05, 0) is 56.8 Å². The second-order valence-corrected chi connectivity index (χ2v) is 7.94. The van der Waals surface area contributed by atoms with Crippen LogP contribution in [0.1, 0.15) is 44.2 Å². The molecular weight excluding hydrogens is 372 g/mol. The molecule has 0 saturated carbocycles. The number of ether oxygens (including phenoxy) is 3. The number of hydrogen-bond donors (Lipinski definition) is 0. The number of fused-ring (bicyclic) bond motifs is 1. The number of hydrogen-bond acceptors (Lipinski definition) is 6. The minimum atomic E-state index is -0.127. The van der Waals surface area contributed by atoms with Crippen molar-refractivity contribution in [2.45, 2.75) is 38.6 Å². The molecule has 0 N–H and O–H groups in total. The van der Waals surface area contributed by atoms with Crippen LogP contribution in [0.25, 0.3) is 0 Å². The normalized spacial score (nSPS) is 22.5. The van der Waals surface area contributed by atoms with Crippen LogP contribution in [0, 0.1) is 5.92 Å². The molecule has 0 spiro atoms. The minimum absolute atomic E-state index is 0.0729. The largest absolute Gasteiger partial charge is 0.486 e. The van der Waals surface area contributed by atoms with Crippen molar-refractivity contribution in [3.63, 3.8) is 0 Å². The Hall–Kier alpha value is -2.28. The Bertz CT molecular complexity index is 745. The van der Waals surface area contributed by atoms with E-state index < -0.39 is 0 Å². The molecule has 1 amide bonds. The number of rotatable bonds is 5. The topological polar surface area (TPSA) is 68.3 Å². The van der Waals surface area contributed by atoms with Crippen LogP contribution in [-0.2, 0) is 14.3 Å². The van der Waals surface area contributed by atoms with E-state index in [1.165, 1.54) is 5.56 Å². The third-order valence-corrected chi connectivity index (χ3v) is 6.12. The van der Waals surface area contributed by atoms with Gasteiger partial charge in [-0.1, -0.05) is 6.07 Å². The highest BCUT2D eigenvalue weighted by atomic mass is 16.6. The molecule has 7 heteroatoms. The second-order valence-electron chi connectivity index (χ2n) is 7.94. The van der Waals surface area contributed by atoms with Crippen molar-refractivity contribution in [3.8, 4) is 11.5 Å². The van der Waals surface area contributed by atoms with Crippen LogP contribution in [0.5, 0.6) is 11.5 Å². The maximum absolute atomic E-state index is 12.9. The van der Waals surface area contributed by atoms with Gasteiger partial charge in [0.15, 0.2) is 11.5 Å². The molecule has 0 bridgehead atoms. The third-order valence-electron chi connectivity index (χ3n) is 6.12. The molecule has 0 aliphatic carbocycles. The highest BCUT2D eigenvalue weighted by molar-refractivity contribution is 5.79. The first-order valence-corrected chi connectivity index (χ1v) is 10.7. The van der Waals surface area contributed by atoms with Crippen LogP contribution in [0.4, 0.5) is 0 Å². The molecule has 7 nitrogen and oxygen atoms in total. The number of nitrogens with zero attached hydrogens (tertiary/aromatic N) is 2. The summed E-state index contributed by atoms with van der Waals surface area (Å²) in [6.07, 6.45) is 3.50.